The van der Waals surface area contributed by atoms with Crippen LogP contribution in [0.5, 0.6) is 0 Å². The number of anilines is 2. The standard InChI is InChI=1S/C40H38BrN3O4S2/c1-30-14-19-35(20-15-30)49(45,46)43(34-12-7-4-8-13-34)26-9-24-40-25-27-44(50(47,48)36-21-16-31(2)17-22-36)39(40)42(29-32-10-5-3-6-11-32)38-23-18-33(41)28-37(38)40/h3-23,26,28,39H,24-25,27,29H2,1-2H3/b26-9-/t39-,40-/m0/s1. The second-order valence-electron chi connectivity index (χ2n) is 13.0. The summed E-state index contributed by atoms with van der Waals surface area (Å²) in [4.78, 5) is 2.65. The number of hydrogen-bond donors (Lipinski definition) is 0. The van der Waals surface area contributed by atoms with Crippen molar-refractivity contribution >= 4 is 47.4 Å². The molecule has 0 N–H and O–H groups in total. The molecular formula is C40H38BrN3O4S2. The number of benzene rings is 5. The molecule has 0 saturated carbocycles. The quantitative estimate of drug-likeness (QED) is 0.142. The van der Waals surface area contributed by atoms with Crippen molar-refractivity contribution in [1.82, 2.24) is 4.31 Å². The lowest BCUT2D eigenvalue weighted by molar-refractivity contribution is 0.303. The SMILES string of the molecule is Cc1ccc(S(=O)(=O)N(/C=C\C[C@@]23CCN(S(=O)(=O)c4ccc(C)cc4)[C@@H]2N(Cc2ccccc2)c2ccc(Br)cc23)c2ccccc2)cc1. The summed E-state index contributed by atoms with van der Waals surface area (Å²) in [6, 6.07) is 39.1. The summed E-state index contributed by atoms with van der Waals surface area (Å²) in [5.74, 6) is 0. The summed E-state index contributed by atoms with van der Waals surface area (Å²) in [6.07, 6.45) is 3.92. The zero-order valence-corrected chi connectivity index (χ0v) is 31.1. The highest BCUT2D eigenvalue weighted by Crippen LogP contribution is 2.56. The van der Waals surface area contributed by atoms with Gasteiger partial charge >= 0.3 is 0 Å². The first-order valence-corrected chi connectivity index (χ1v) is 20.2. The van der Waals surface area contributed by atoms with Crippen LogP contribution >= 0.6 is 15.9 Å². The van der Waals surface area contributed by atoms with E-state index in [1.54, 1.807) is 59.0 Å². The van der Waals surface area contributed by atoms with E-state index < -0.39 is 31.6 Å². The van der Waals surface area contributed by atoms with Crippen LogP contribution < -0.4 is 9.21 Å². The first kappa shape index (κ1) is 34.2. The molecule has 0 amide bonds. The normalized spacial score (nSPS) is 19.1. The number of rotatable bonds is 10. The van der Waals surface area contributed by atoms with E-state index in [0.717, 1.165) is 32.4 Å². The molecule has 0 bridgehead atoms. The van der Waals surface area contributed by atoms with Crippen molar-refractivity contribution in [3.8, 4) is 0 Å². The van der Waals surface area contributed by atoms with Gasteiger partial charge < -0.3 is 4.90 Å². The molecule has 2 heterocycles. The first-order chi connectivity index (χ1) is 24.0. The number of hydrogen-bond acceptors (Lipinski definition) is 5. The highest BCUT2D eigenvalue weighted by Gasteiger charge is 2.59. The average Bonchev–Trinajstić information content (AvgIpc) is 3.61. The second kappa shape index (κ2) is 13.5. The minimum absolute atomic E-state index is 0.188. The molecule has 1 saturated heterocycles. The lowest BCUT2D eigenvalue weighted by Crippen LogP contribution is -2.51. The van der Waals surface area contributed by atoms with Gasteiger partial charge in [-0.15, -0.1) is 0 Å². The van der Waals surface area contributed by atoms with Crippen LogP contribution in [0.1, 0.15) is 35.1 Å². The second-order valence-corrected chi connectivity index (χ2v) is 17.6. The van der Waals surface area contributed by atoms with E-state index in [2.05, 4.69) is 45.1 Å². The third-order valence-corrected chi connectivity index (χ3v) is 13.9. The zero-order chi connectivity index (χ0) is 35.1. The maximum Gasteiger partial charge on any atom is 0.268 e. The van der Waals surface area contributed by atoms with Crippen molar-refractivity contribution in [3.63, 3.8) is 0 Å². The van der Waals surface area contributed by atoms with E-state index in [9.17, 15) is 16.8 Å². The minimum atomic E-state index is -3.96. The largest absolute Gasteiger partial charge is 0.349 e. The Morgan fingerprint density at radius 2 is 1.38 bits per heavy atom. The fourth-order valence-electron chi connectivity index (χ4n) is 7.28. The predicted octanol–water partition coefficient (Wildman–Crippen LogP) is 8.54. The van der Waals surface area contributed by atoms with Crippen molar-refractivity contribution in [2.75, 3.05) is 15.7 Å². The van der Waals surface area contributed by atoms with Crippen LogP contribution in [0.2, 0.25) is 0 Å². The summed E-state index contributed by atoms with van der Waals surface area (Å²) >= 11 is 3.69. The summed E-state index contributed by atoms with van der Waals surface area (Å²) < 4.78 is 61.2. The Hall–Kier alpha value is -4.22. The van der Waals surface area contributed by atoms with Crippen LogP contribution in [0.15, 0.2) is 154 Å². The molecule has 7 nitrogen and oxygen atoms in total. The van der Waals surface area contributed by atoms with Gasteiger partial charge in [-0.05, 0) is 92.4 Å². The van der Waals surface area contributed by atoms with Crippen molar-refractivity contribution in [2.45, 2.75) is 54.6 Å². The smallest absolute Gasteiger partial charge is 0.268 e. The van der Waals surface area contributed by atoms with Crippen LogP contribution in [0.4, 0.5) is 11.4 Å². The number of nitrogens with zero attached hydrogens (tertiary/aromatic N) is 3. The molecule has 0 radical (unpaired) electrons. The minimum Gasteiger partial charge on any atom is -0.349 e. The van der Waals surface area contributed by atoms with E-state index in [1.165, 1.54) is 4.31 Å². The molecule has 0 unspecified atom stereocenters. The van der Waals surface area contributed by atoms with Crippen molar-refractivity contribution in [3.05, 3.63) is 166 Å². The molecule has 256 valence electrons. The first-order valence-electron chi connectivity index (χ1n) is 16.5. The topological polar surface area (TPSA) is 78.0 Å². The molecule has 1 fully saturated rings. The Morgan fingerprint density at radius 3 is 2.02 bits per heavy atom. The number of para-hydroxylation sites is 1. The van der Waals surface area contributed by atoms with Crippen LogP contribution in [0, 0.1) is 13.8 Å². The maximum absolute atomic E-state index is 14.5. The van der Waals surface area contributed by atoms with E-state index in [1.807, 2.05) is 74.5 Å². The van der Waals surface area contributed by atoms with Crippen LogP contribution in [-0.4, -0.2) is 33.9 Å². The van der Waals surface area contributed by atoms with Crippen molar-refractivity contribution in [2.24, 2.45) is 0 Å². The zero-order valence-electron chi connectivity index (χ0n) is 27.9. The number of sulfonamides is 2. The monoisotopic (exact) mass is 767 g/mol. The average molecular weight is 769 g/mol. The van der Waals surface area contributed by atoms with Gasteiger partial charge in [0.25, 0.3) is 10.0 Å². The summed E-state index contributed by atoms with van der Waals surface area (Å²) in [7, 11) is -7.86. The molecule has 0 aliphatic carbocycles. The molecule has 2 aliphatic rings. The highest BCUT2D eigenvalue weighted by molar-refractivity contribution is 9.10. The lowest BCUT2D eigenvalue weighted by Gasteiger charge is -2.37. The fraction of sp³-hybridized carbons (Fsp3) is 0.200. The van der Waals surface area contributed by atoms with Gasteiger partial charge in [-0.1, -0.05) is 106 Å². The van der Waals surface area contributed by atoms with Crippen LogP contribution in [0.25, 0.3) is 0 Å². The summed E-state index contributed by atoms with van der Waals surface area (Å²) in [5.41, 5.74) is 4.85. The summed E-state index contributed by atoms with van der Waals surface area (Å²) in [5, 5.41) is 0. The number of allylic oxidation sites excluding steroid dienone is 1. The lowest BCUT2D eigenvalue weighted by atomic mass is 9.76. The van der Waals surface area contributed by atoms with Gasteiger partial charge in [-0.2, -0.15) is 4.31 Å². The van der Waals surface area contributed by atoms with Gasteiger partial charge in [0.05, 0.1) is 15.5 Å². The molecule has 2 aliphatic heterocycles. The Kier molecular flexibility index (Phi) is 9.23. The van der Waals surface area contributed by atoms with Gasteiger partial charge in [-0.25, -0.2) is 21.1 Å². The van der Waals surface area contributed by atoms with Crippen molar-refractivity contribution in [1.29, 1.82) is 0 Å². The van der Waals surface area contributed by atoms with Gasteiger partial charge in [0.15, 0.2) is 0 Å². The third kappa shape index (κ3) is 6.19. The maximum atomic E-state index is 14.5. The van der Waals surface area contributed by atoms with Crippen LogP contribution in [-0.2, 0) is 32.0 Å². The Labute approximate surface area is 303 Å². The Bertz CT molecular complexity index is 2250. The molecule has 7 rings (SSSR count). The molecular weight excluding hydrogens is 730 g/mol. The van der Waals surface area contributed by atoms with E-state index >= 15 is 0 Å². The van der Waals surface area contributed by atoms with E-state index in [0.29, 0.717) is 31.6 Å². The van der Waals surface area contributed by atoms with Gasteiger partial charge in [-0.3, -0.25) is 0 Å². The van der Waals surface area contributed by atoms with Gasteiger partial charge in [0, 0.05) is 34.9 Å². The van der Waals surface area contributed by atoms with Gasteiger partial charge in [0.1, 0.15) is 6.17 Å². The molecule has 50 heavy (non-hydrogen) atoms. The molecule has 0 spiro atoms. The molecule has 2 atom stereocenters. The molecule has 0 aromatic heterocycles. The fourth-order valence-corrected chi connectivity index (χ4v) is 10.7. The van der Waals surface area contributed by atoms with E-state index in [4.69, 9.17) is 0 Å². The Balaban J connectivity index is 1.34. The van der Waals surface area contributed by atoms with Gasteiger partial charge in [0.2, 0.25) is 10.0 Å². The number of fused-ring (bicyclic) bond motifs is 3. The highest BCUT2D eigenvalue weighted by atomic mass is 79.9. The van der Waals surface area contributed by atoms with Crippen molar-refractivity contribution < 1.29 is 16.8 Å². The molecule has 5 aromatic rings. The predicted molar refractivity (Wildman–Crippen MR) is 203 cm³/mol. The third-order valence-electron chi connectivity index (χ3n) is 9.78. The Morgan fingerprint density at radius 1 is 0.780 bits per heavy atom. The summed E-state index contributed by atoms with van der Waals surface area (Å²) in [6.45, 7) is 4.68. The number of aryl methyl sites for hydroxylation is 2. The molecule has 10 heteroatoms. The van der Waals surface area contributed by atoms with Crippen LogP contribution in [0.3, 0.4) is 0 Å². The number of halogens is 1. The van der Waals surface area contributed by atoms with E-state index in [-0.39, 0.29) is 9.79 Å². The molecule has 5 aromatic carbocycles.